The zero-order valence-electron chi connectivity index (χ0n) is 69.5. The van der Waals surface area contributed by atoms with Crippen molar-refractivity contribution in [2.75, 3.05) is 0 Å². The minimum atomic E-state index is -0.102. The highest BCUT2D eigenvalue weighted by Crippen LogP contribution is 2.51. The molecule has 25 rings (SSSR count). The maximum atomic E-state index is 5.20. The van der Waals surface area contributed by atoms with E-state index < -0.39 is 0 Å². The van der Waals surface area contributed by atoms with Crippen LogP contribution in [0.25, 0.3) is 223 Å². The Morgan fingerprint density at radius 1 is 0.157 bits per heavy atom. The molecule has 0 fully saturated rings. The summed E-state index contributed by atoms with van der Waals surface area (Å²) in [5, 5.41) is 9.63. The fourth-order valence-electron chi connectivity index (χ4n) is 19.4. The zero-order valence-corrected chi connectivity index (χ0v) is 69.5. The Labute approximate surface area is 733 Å². The molecule has 0 atom stereocenters. The van der Waals surface area contributed by atoms with Gasteiger partial charge in [0.25, 0.3) is 0 Å². The minimum absolute atomic E-state index is 0.102. The number of benzene rings is 18. The van der Waals surface area contributed by atoms with E-state index in [1.165, 1.54) is 104 Å². The zero-order chi connectivity index (χ0) is 84.2. The molecule has 0 saturated carbocycles. The number of nitrogens with zero attached hydrogens (tertiary/aromatic N) is 10. The Bertz CT molecular complexity index is 8460. The topological polar surface area (TPSA) is 97.1 Å². The van der Waals surface area contributed by atoms with E-state index in [0.29, 0.717) is 34.9 Å². The van der Waals surface area contributed by atoms with Crippen LogP contribution in [0.4, 0.5) is 0 Å². The highest BCUT2D eigenvalue weighted by Gasteiger charge is 2.36. The smallest absolute Gasteiger partial charge is 0.164 e. The molecule has 0 N–H and O–H groups in total. The molecule has 6 heterocycles. The lowest BCUT2D eigenvalue weighted by atomic mass is 9.82. The summed E-state index contributed by atoms with van der Waals surface area (Å²) < 4.78 is 9.66. The molecule has 0 radical (unpaired) electrons. The molecule has 1 aliphatic rings. The van der Waals surface area contributed by atoms with Crippen LogP contribution in [0.3, 0.4) is 0 Å². The maximum absolute atomic E-state index is 5.20. The molecular formula is C117H78N10. The van der Waals surface area contributed by atoms with Gasteiger partial charge in [-0.25, -0.2) is 29.9 Å². The third-order valence-corrected chi connectivity index (χ3v) is 25.5. The SMILES string of the molecule is CC1(C)c2ccccc2-c2ccc(-n3c4ccccc4c4cc5c(cc43)c3ccccc3n5-c3cccc(-c4nc(-c5ccccc5)nc(-c5cccc(-c6ccccc6)c5)n4)c3)cc21.c1ccc(-c2ccc(-n3c4ccccc4c4cc5c(cc43)c3ccccc3n5-c3cccc(-c4nc(-c5ccccc5)nc(-c5cccc(-c6ccccc6)c5)n4)c3)cc2)cc1. The first-order valence-corrected chi connectivity index (χ1v) is 43.2. The van der Waals surface area contributed by atoms with Crippen molar-refractivity contribution in [3.63, 3.8) is 0 Å². The monoisotopic (exact) mass is 1620 g/mol. The van der Waals surface area contributed by atoms with Crippen LogP contribution in [0.2, 0.25) is 0 Å². The second-order valence-electron chi connectivity index (χ2n) is 33.3. The number of aromatic nitrogens is 10. The van der Waals surface area contributed by atoms with E-state index in [1.807, 2.05) is 48.5 Å². The van der Waals surface area contributed by atoms with Crippen molar-refractivity contribution in [3.8, 4) is 136 Å². The number of rotatable bonds is 13. The minimum Gasteiger partial charge on any atom is -0.309 e. The standard InChI is InChI=1S/C60H41N5.C57H37N5/c1-60(2)51-28-12-9-25-45(51)46-32-31-44(35-52(46)60)65-54-30-14-11-27-48(54)50-36-55-49(37-56(50)65)47-26-10-13-29-53(47)64(55)43-24-16-23-42(34-43)59-62-57(39-19-7-4-8-20-39)61-58(63-59)41-22-15-21-40(33-41)38-17-5-3-6-18-38;1-4-16-38(17-5-1)40-30-32-45(33-31-40)61-51-28-12-10-26-47(51)49-37-54-50(36-53(49)61)48-27-11-13-29-52(48)62(54)46-25-15-24-44(35-46)57-59-55(41-20-8-3-9-21-41)58-56(60-57)43-23-14-22-42(34-43)39-18-6-2-7-19-39/h3-37H,1-2H3;1-37H. The number of fused-ring (bicyclic) bond motifs is 15. The lowest BCUT2D eigenvalue weighted by molar-refractivity contribution is 0.660. The second kappa shape index (κ2) is 30.4. The van der Waals surface area contributed by atoms with Gasteiger partial charge >= 0.3 is 0 Å². The molecule has 18 aromatic carbocycles. The van der Waals surface area contributed by atoms with E-state index in [1.54, 1.807) is 0 Å². The first-order valence-electron chi connectivity index (χ1n) is 43.2. The molecule has 24 aromatic rings. The van der Waals surface area contributed by atoms with E-state index in [-0.39, 0.29) is 5.41 Å². The number of hydrogen-bond acceptors (Lipinski definition) is 6. The van der Waals surface area contributed by atoms with Gasteiger partial charge in [-0.05, 0) is 165 Å². The molecule has 596 valence electrons. The van der Waals surface area contributed by atoms with Crippen molar-refractivity contribution in [2.24, 2.45) is 0 Å². The van der Waals surface area contributed by atoms with Crippen LogP contribution in [-0.4, -0.2) is 48.2 Å². The first-order chi connectivity index (χ1) is 62.7. The van der Waals surface area contributed by atoms with Gasteiger partial charge < -0.3 is 18.3 Å². The number of para-hydroxylation sites is 4. The van der Waals surface area contributed by atoms with E-state index in [4.69, 9.17) is 29.9 Å². The van der Waals surface area contributed by atoms with Crippen LogP contribution in [0.1, 0.15) is 25.0 Å². The molecule has 10 heteroatoms. The highest BCUT2D eigenvalue weighted by molar-refractivity contribution is 6.21. The molecule has 0 amide bonds. The molecule has 127 heavy (non-hydrogen) atoms. The summed E-state index contributed by atoms with van der Waals surface area (Å²) >= 11 is 0. The lowest BCUT2D eigenvalue weighted by Gasteiger charge is -2.22. The van der Waals surface area contributed by atoms with Crippen molar-refractivity contribution >= 4 is 87.2 Å². The van der Waals surface area contributed by atoms with E-state index >= 15 is 0 Å². The summed E-state index contributed by atoms with van der Waals surface area (Å²) in [6, 6.07) is 155. The predicted molar refractivity (Wildman–Crippen MR) is 523 cm³/mol. The van der Waals surface area contributed by atoms with Crippen molar-refractivity contribution < 1.29 is 0 Å². The molecular weight excluding hydrogens is 1550 g/mol. The summed E-state index contributed by atoms with van der Waals surface area (Å²) in [4.78, 5) is 30.8. The average Bonchev–Trinajstić information content (AvgIpc) is 1.56. The molecule has 0 bridgehead atoms. The van der Waals surface area contributed by atoms with E-state index in [9.17, 15) is 0 Å². The molecule has 10 nitrogen and oxygen atoms in total. The van der Waals surface area contributed by atoms with Gasteiger partial charge in [0.1, 0.15) is 0 Å². The van der Waals surface area contributed by atoms with Crippen molar-refractivity contribution in [3.05, 3.63) is 448 Å². The van der Waals surface area contributed by atoms with Crippen LogP contribution in [0.5, 0.6) is 0 Å². The van der Waals surface area contributed by atoms with Gasteiger partial charge in [-0.2, -0.15) is 0 Å². The lowest BCUT2D eigenvalue weighted by Crippen LogP contribution is -2.15. The van der Waals surface area contributed by atoms with Crippen LogP contribution < -0.4 is 0 Å². The molecule has 0 unspecified atom stereocenters. The van der Waals surface area contributed by atoms with Crippen LogP contribution in [-0.2, 0) is 5.41 Å². The maximum Gasteiger partial charge on any atom is 0.164 e. The Morgan fingerprint density at radius 3 is 0.803 bits per heavy atom. The van der Waals surface area contributed by atoms with E-state index in [2.05, 4.69) is 420 Å². The Kier molecular flexibility index (Phi) is 17.7. The molecule has 1 aliphatic carbocycles. The number of hydrogen-bond donors (Lipinski definition) is 0. The molecule has 0 saturated heterocycles. The summed E-state index contributed by atoms with van der Waals surface area (Å²) in [6.45, 7) is 4.71. The fourth-order valence-corrected chi connectivity index (χ4v) is 19.4. The van der Waals surface area contributed by atoms with Crippen molar-refractivity contribution in [2.45, 2.75) is 19.3 Å². The van der Waals surface area contributed by atoms with Gasteiger partial charge in [0.05, 0.1) is 44.1 Å². The predicted octanol–water partition coefficient (Wildman–Crippen LogP) is 29.4. The van der Waals surface area contributed by atoms with Crippen molar-refractivity contribution in [1.82, 2.24) is 48.2 Å². The largest absolute Gasteiger partial charge is 0.309 e. The summed E-state index contributed by atoms with van der Waals surface area (Å²) in [6.07, 6.45) is 0. The summed E-state index contributed by atoms with van der Waals surface area (Å²) in [5.74, 6) is 3.75. The van der Waals surface area contributed by atoms with Gasteiger partial charge in [-0.1, -0.05) is 341 Å². The Balaban J connectivity index is 0.000000142. The Morgan fingerprint density at radius 2 is 0.417 bits per heavy atom. The Hall–Kier alpha value is -16.8. The van der Waals surface area contributed by atoms with Crippen LogP contribution in [0, 0.1) is 0 Å². The second-order valence-corrected chi connectivity index (χ2v) is 33.3. The van der Waals surface area contributed by atoms with Crippen molar-refractivity contribution in [1.29, 1.82) is 0 Å². The van der Waals surface area contributed by atoms with E-state index in [0.717, 1.165) is 94.8 Å². The summed E-state index contributed by atoms with van der Waals surface area (Å²) in [7, 11) is 0. The van der Waals surface area contributed by atoms with Crippen LogP contribution in [0.15, 0.2) is 437 Å². The first kappa shape index (κ1) is 74.0. The quantitative estimate of drug-likeness (QED) is 0.114. The summed E-state index contributed by atoms with van der Waals surface area (Å²) in [5.41, 5.74) is 31.4. The van der Waals surface area contributed by atoms with Gasteiger partial charge in [-0.15, -0.1) is 0 Å². The molecule has 0 aliphatic heterocycles. The molecule has 0 spiro atoms. The fraction of sp³-hybridized carbons (Fsp3) is 0.0256. The normalized spacial score (nSPS) is 12.2. The van der Waals surface area contributed by atoms with Gasteiger partial charge in [0, 0.05) is 105 Å². The van der Waals surface area contributed by atoms with Crippen LogP contribution >= 0.6 is 0 Å². The van der Waals surface area contributed by atoms with Gasteiger partial charge in [0.2, 0.25) is 0 Å². The third kappa shape index (κ3) is 12.8. The molecule has 6 aromatic heterocycles. The highest BCUT2D eigenvalue weighted by atomic mass is 15.1. The van der Waals surface area contributed by atoms with Gasteiger partial charge in [0.15, 0.2) is 34.9 Å². The average molecular weight is 1620 g/mol. The third-order valence-electron chi connectivity index (χ3n) is 25.5. The van der Waals surface area contributed by atoms with Gasteiger partial charge in [-0.3, -0.25) is 0 Å².